The third kappa shape index (κ3) is 1.29. The minimum absolute atomic E-state index is 1.08. The molecule has 1 N–H and O–H groups in total. The average Bonchev–Trinajstić information content (AvgIpc) is 3.01. The van der Waals surface area contributed by atoms with Crippen molar-refractivity contribution >= 4 is 0 Å². The molecule has 0 unspecified atom stereocenters. The number of H-pyrrole nitrogens is 1. The second kappa shape index (κ2) is 3.20. The van der Waals surface area contributed by atoms with Crippen LogP contribution in [-0.2, 0) is 0 Å². The van der Waals surface area contributed by atoms with Gasteiger partial charge in [-0.05, 0) is 30.3 Å². The third-order valence-electron chi connectivity index (χ3n) is 2.45. The van der Waals surface area contributed by atoms with Gasteiger partial charge >= 0.3 is 0 Å². The standard InChI is InChI=1S/C12H11N3/c1-2-8-14(7-1)11-5-6-13-12(11)15-9-3-4-10-15/h1-10,13H. The van der Waals surface area contributed by atoms with Crippen molar-refractivity contribution in [3.05, 3.63) is 61.3 Å². The van der Waals surface area contributed by atoms with Gasteiger partial charge in [0.15, 0.2) is 0 Å². The molecule has 0 aliphatic carbocycles. The van der Waals surface area contributed by atoms with Crippen molar-refractivity contribution < 1.29 is 0 Å². The molecule has 0 aliphatic rings. The minimum atomic E-state index is 1.08. The Balaban J connectivity index is 2.15. The first-order valence-electron chi connectivity index (χ1n) is 4.89. The smallest absolute Gasteiger partial charge is 0.138 e. The van der Waals surface area contributed by atoms with Crippen molar-refractivity contribution in [2.24, 2.45) is 0 Å². The van der Waals surface area contributed by atoms with Crippen LogP contribution in [0, 0.1) is 0 Å². The molecule has 0 spiro atoms. The summed E-state index contributed by atoms with van der Waals surface area (Å²) in [7, 11) is 0. The zero-order valence-corrected chi connectivity index (χ0v) is 8.17. The summed E-state index contributed by atoms with van der Waals surface area (Å²) in [6.45, 7) is 0. The molecule has 3 rings (SSSR count). The molecule has 0 saturated carbocycles. The maximum Gasteiger partial charge on any atom is 0.138 e. The van der Waals surface area contributed by atoms with Gasteiger partial charge in [0.25, 0.3) is 0 Å². The second-order valence-electron chi connectivity index (χ2n) is 3.39. The van der Waals surface area contributed by atoms with Crippen molar-refractivity contribution in [1.82, 2.24) is 14.1 Å². The van der Waals surface area contributed by atoms with E-state index < -0.39 is 0 Å². The van der Waals surface area contributed by atoms with Crippen LogP contribution in [0.25, 0.3) is 11.5 Å². The van der Waals surface area contributed by atoms with Crippen molar-refractivity contribution in [3.8, 4) is 11.5 Å². The monoisotopic (exact) mass is 197 g/mol. The molecular formula is C12H11N3. The Labute approximate surface area is 87.6 Å². The number of aromatic nitrogens is 3. The van der Waals surface area contributed by atoms with Gasteiger partial charge in [-0.1, -0.05) is 0 Å². The zero-order valence-electron chi connectivity index (χ0n) is 8.17. The Morgan fingerprint density at radius 3 is 2.07 bits per heavy atom. The van der Waals surface area contributed by atoms with Crippen molar-refractivity contribution in [1.29, 1.82) is 0 Å². The van der Waals surface area contributed by atoms with Crippen LogP contribution >= 0.6 is 0 Å². The maximum absolute atomic E-state index is 3.24. The van der Waals surface area contributed by atoms with Gasteiger partial charge < -0.3 is 14.1 Å². The van der Waals surface area contributed by atoms with Crippen LogP contribution in [0.5, 0.6) is 0 Å². The highest BCUT2D eigenvalue weighted by molar-refractivity contribution is 5.48. The van der Waals surface area contributed by atoms with Crippen LogP contribution in [-0.4, -0.2) is 14.1 Å². The first-order chi connectivity index (χ1) is 7.45. The molecule has 0 radical (unpaired) electrons. The molecule has 3 heterocycles. The highest BCUT2D eigenvalue weighted by Crippen LogP contribution is 2.17. The third-order valence-corrected chi connectivity index (χ3v) is 2.45. The molecule has 3 heteroatoms. The molecule has 74 valence electrons. The topological polar surface area (TPSA) is 25.6 Å². The SMILES string of the molecule is c1ccn(-c2cc[nH]c2-n2cccc2)c1. The predicted molar refractivity (Wildman–Crippen MR) is 59.4 cm³/mol. The van der Waals surface area contributed by atoms with Crippen molar-refractivity contribution in [3.63, 3.8) is 0 Å². The normalized spacial score (nSPS) is 10.7. The average molecular weight is 197 g/mol. The number of nitrogens with zero attached hydrogens (tertiary/aromatic N) is 2. The summed E-state index contributed by atoms with van der Waals surface area (Å²) >= 11 is 0. The van der Waals surface area contributed by atoms with Crippen molar-refractivity contribution in [2.45, 2.75) is 0 Å². The van der Waals surface area contributed by atoms with Gasteiger partial charge in [-0.3, -0.25) is 0 Å². The fourth-order valence-electron chi connectivity index (χ4n) is 1.75. The van der Waals surface area contributed by atoms with Crippen LogP contribution < -0.4 is 0 Å². The quantitative estimate of drug-likeness (QED) is 0.653. The van der Waals surface area contributed by atoms with E-state index in [2.05, 4.69) is 20.2 Å². The van der Waals surface area contributed by atoms with E-state index in [0.717, 1.165) is 11.5 Å². The van der Waals surface area contributed by atoms with Crippen LogP contribution in [0.2, 0.25) is 0 Å². The molecule has 3 nitrogen and oxygen atoms in total. The Kier molecular flexibility index (Phi) is 1.75. The largest absolute Gasteiger partial charge is 0.346 e. The molecule has 0 amide bonds. The molecular weight excluding hydrogens is 186 g/mol. The number of hydrogen-bond acceptors (Lipinski definition) is 0. The summed E-state index contributed by atoms with van der Waals surface area (Å²) in [6, 6.07) is 10.1. The lowest BCUT2D eigenvalue weighted by Crippen LogP contribution is -1.97. The minimum Gasteiger partial charge on any atom is -0.346 e. The lowest BCUT2D eigenvalue weighted by Gasteiger charge is -2.05. The lowest BCUT2D eigenvalue weighted by atomic mass is 10.4. The Morgan fingerprint density at radius 2 is 1.40 bits per heavy atom. The molecule has 3 aromatic rings. The van der Waals surface area contributed by atoms with Gasteiger partial charge in [0, 0.05) is 31.0 Å². The van der Waals surface area contributed by atoms with E-state index in [4.69, 9.17) is 0 Å². The molecule has 0 saturated heterocycles. The highest BCUT2D eigenvalue weighted by atomic mass is 15.1. The second-order valence-corrected chi connectivity index (χ2v) is 3.39. The first-order valence-corrected chi connectivity index (χ1v) is 4.89. The summed E-state index contributed by atoms with van der Waals surface area (Å²) in [5, 5.41) is 0. The van der Waals surface area contributed by atoms with Crippen molar-refractivity contribution in [2.75, 3.05) is 0 Å². The van der Waals surface area contributed by atoms with Gasteiger partial charge in [0.2, 0.25) is 0 Å². The highest BCUT2D eigenvalue weighted by Gasteiger charge is 2.05. The van der Waals surface area contributed by atoms with E-state index in [1.54, 1.807) is 0 Å². The molecule has 0 fully saturated rings. The zero-order chi connectivity index (χ0) is 10.1. The number of rotatable bonds is 2. The van der Waals surface area contributed by atoms with E-state index in [1.807, 2.05) is 55.2 Å². The summed E-state index contributed by atoms with van der Waals surface area (Å²) < 4.78 is 4.15. The van der Waals surface area contributed by atoms with Crippen LogP contribution in [0.15, 0.2) is 61.3 Å². The van der Waals surface area contributed by atoms with E-state index in [1.165, 1.54) is 0 Å². The Bertz CT molecular complexity index is 480. The summed E-state index contributed by atoms with van der Waals surface area (Å²) in [4.78, 5) is 3.24. The van der Waals surface area contributed by atoms with Gasteiger partial charge in [-0.15, -0.1) is 0 Å². The number of nitrogens with one attached hydrogen (secondary N) is 1. The van der Waals surface area contributed by atoms with E-state index in [-0.39, 0.29) is 0 Å². The van der Waals surface area contributed by atoms with Crippen LogP contribution in [0.3, 0.4) is 0 Å². The van der Waals surface area contributed by atoms with Gasteiger partial charge in [0.05, 0.1) is 5.69 Å². The summed E-state index contributed by atoms with van der Waals surface area (Å²) in [5.74, 6) is 1.08. The summed E-state index contributed by atoms with van der Waals surface area (Å²) in [6.07, 6.45) is 10.1. The molecule has 15 heavy (non-hydrogen) atoms. The molecule has 3 aromatic heterocycles. The molecule has 0 aromatic carbocycles. The molecule has 0 atom stereocenters. The van der Waals surface area contributed by atoms with Gasteiger partial charge in [0.1, 0.15) is 5.82 Å². The molecule has 0 bridgehead atoms. The number of hydrogen-bond donors (Lipinski definition) is 1. The summed E-state index contributed by atoms with van der Waals surface area (Å²) in [5.41, 5.74) is 1.15. The van der Waals surface area contributed by atoms with Crippen LogP contribution in [0.4, 0.5) is 0 Å². The van der Waals surface area contributed by atoms with E-state index in [0.29, 0.717) is 0 Å². The molecule has 0 aliphatic heterocycles. The lowest BCUT2D eigenvalue weighted by molar-refractivity contribution is 0.979. The van der Waals surface area contributed by atoms with Gasteiger partial charge in [-0.25, -0.2) is 0 Å². The fraction of sp³-hybridized carbons (Fsp3) is 0. The first kappa shape index (κ1) is 8.17. The van der Waals surface area contributed by atoms with Gasteiger partial charge in [-0.2, -0.15) is 0 Å². The number of aromatic amines is 1. The predicted octanol–water partition coefficient (Wildman–Crippen LogP) is 2.60. The fourth-order valence-corrected chi connectivity index (χ4v) is 1.75. The Hall–Kier alpha value is -2.16. The van der Waals surface area contributed by atoms with E-state index >= 15 is 0 Å². The Morgan fingerprint density at radius 1 is 0.800 bits per heavy atom. The maximum atomic E-state index is 3.24. The van der Waals surface area contributed by atoms with E-state index in [9.17, 15) is 0 Å². The van der Waals surface area contributed by atoms with Crippen LogP contribution in [0.1, 0.15) is 0 Å².